The van der Waals surface area contributed by atoms with Gasteiger partial charge in [-0.05, 0) is 36.6 Å². The molecule has 2 aromatic heterocycles. The van der Waals surface area contributed by atoms with Crippen LogP contribution in [-0.4, -0.2) is 85.6 Å². The van der Waals surface area contributed by atoms with Gasteiger partial charge in [-0.25, -0.2) is 4.98 Å². The zero-order chi connectivity index (χ0) is 22.6. The van der Waals surface area contributed by atoms with E-state index in [2.05, 4.69) is 52.9 Å². The van der Waals surface area contributed by atoms with Crippen molar-refractivity contribution in [2.75, 3.05) is 70.7 Å². The fraction of sp³-hybridized carbons (Fsp3) is 0.480. The molecule has 1 aromatic carbocycles. The topological polar surface area (TPSA) is 72.8 Å². The highest BCUT2D eigenvalue weighted by Gasteiger charge is 2.20. The summed E-state index contributed by atoms with van der Waals surface area (Å²) < 4.78 is 17.0. The molecule has 8 heteroatoms. The Morgan fingerprint density at radius 1 is 0.879 bits per heavy atom. The Morgan fingerprint density at radius 2 is 1.64 bits per heavy atom. The third-order valence-electron chi connectivity index (χ3n) is 6.40. The summed E-state index contributed by atoms with van der Waals surface area (Å²) in [5.74, 6) is 0.864. The van der Waals surface area contributed by atoms with E-state index in [1.54, 1.807) is 0 Å². The highest BCUT2D eigenvalue weighted by Crippen LogP contribution is 2.30. The van der Waals surface area contributed by atoms with Crippen molar-refractivity contribution in [1.82, 2.24) is 19.9 Å². The number of benzene rings is 1. The number of ether oxygens (including phenoxy) is 3. The number of fused-ring (bicyclic) bond motifs is 1. The van der Waals surface area contributed by atoms with Crippen LogP contribution < -0.4 is 9.64 Å². The standard InChI is InChI=1S/C25H31N5O3/c1-18-3-4-20(15-19(18)2)21-16-22-23(26-17-21)27-25(28-24(22)30-8-12-32-13-9-30)33-14-7-29-5-10-31-11-6-29/h3-4,15-17H,5-14H2,1-2H3. The number of hydrogen-bond acceptors (Lipinski definition) is 8. The number of rotatable bonds is 6. The lowest BCUT2D eigenvalue weighted by Crippen LogP contribution is -2.39. The summed E-state index contributed by atoms with van der Waals surface area (Å²) in [5, 5.41) is 0.938. The van der Waals surface area contributed by atoms with Crippen LogP contribution >= 0.6 is 0 Å². The second kappa shape index (κ2) is 9.99. The van der Waals surface area contributed by atoms with Gasteiger partial charge in [0.1, 0.15) is 12.4 Å². The Bertz CT molecular complexity index is 1110. The second-order valence-corrected chi connectivity index (χ2v) is 8.63. The number of morpholine rings is 2. The number of hydrogen-bond donors (Lipinski definition) is 0. The average molecular weight is 450 g/mol. The number of aromatic nitrogens is 3. The molecule has 0 aliphatic carbocycles. The van der Waals surface area contributed by atoms with Crippen LogP contribution in [0.1, 0.15) is 11.1 Å². The first-order valence-electron chi connectivity index (χ1n) is 11.7. The molecule has 2 fully saturated rings. The van der Waals surface area contributed by atoms with Crippen molar-refractivity contribution in [2.24, 2.45) is 0 Å². The van der Waals surface area contributed by atoms with Gasteiger partial charge < -0.3 is 19.1 Å². The quantitative estimate of drug-likeness (QED) is 0.569. The minimum absolute atomic E-state index is 0.378. The van der Waals surface area contributed by atoms with E-state index in [0.717, 1.165) is 68.3 Å². The molecule has 0 atom stereocenters. The lowest BCUT2D eigenvalue weighted by Gasteiger charge is -2.29. The molecule has 8 nitrogen and oxygen atoms in total. The van der Waals surface area contributed by atoms with Crippen LogP contribution in [0.25, 0.3) is 22.2 Å². The summed E-state index contributed by atoms with van der Waals surface area (Å²) in [6, 6.07) is 9.03. The van der Waals surface area contributed by atoms with Crippen molar-refractivity contribution in [3.05, 3.63) is 41.6 Å². The van der Waals surface area contributed by atoms with Crippen molar-refractivity contribution in [3.63, 3.8) is 0 Å². The summed E-state index contributed by atoms with van der Waals surface area (Å²) in [5.41, 5.74) is 5.40. The predicted molar refractivity (Wildman–Crippen MR) is 128 cm³/mol. The van der Waals surface area contributed by atoms with E-state index in [9.17, 15) is 0 Å². The molecule has 174 valence electrons. The first-order valence-corrected chi connectivity index (χ1v) is 11.7. The van der Waals surface area contributed by atoms with Gasteiger partial charge in [-0.15, -0.1) is 0 Å². The molecule has 0 spiro atoms. The van der Waals surface area contributed by atoms with Crippen LogP contribution in [0.5, 0.6) is 6.01 Å². The highest BCUT2D eigenvalue weighted by molar-refractivity contribution is 5.90. The molecule has 33 heavy (non-hydrogen) atoms. The van der Waals surface area contributed by atoms with Crippen molar-refractivity contribution < 1.29 is 14.2 Å². The van der Waals surface area contributed by atoms with E-state index in [-0.39, 0.29) is 0 Å². The fourth-order valence-corrected chi connectivity index (χ4v) is 4.23. The molecular weight excluding hydrogens is 418 g/mol. The monoisotopic (exact) mass is 449 g/mol. The Hall–Kier alpha value is -2.81. The predicted octanol–water partition coefficient (Wildman–Crippen LogP) is 2.86. The molecule has 0 saturated carbocycles. The van der Waals surface area contributed by atoms with Crippen LogP contribution in [0.2, 0.25) is 0 Å². The van der Waals surface area contributed by atoms with E-state index in [0.29, 0.717) is 31.5 Å². The zero-order valence-corrected chi connectivity index (χ0v) is 19.4. The summed E-state index contributed by atoms with van der Waals surface area (Å²) in [6.07, 6.45) is 1.89. The molecule has 0 radical (unpaired) electrons. The van der Waals surface area contributed by atoms with E-state index in [1.165, 1.54) is 11.1 Å². The Balaban J connectivity index is 1.45. The average Bonchev–Trinajstić information content (AvgIpc) is 2.86. The molecule has 4 heterocycles. The molecule has 2 aliphatic heterocycles. The van der Waals surface area contributed by atoms with Crippen molar-refractivity contribution >= 4 is 16.9 Å². The molecule has 0 bridgehead atoms. The maximum atomic E-state index is 5.99. The molecule has 5 rings (SSSR count). The SMILES string of the molecule is Cc1ccc(-c2cnc3nc(OCCN4CCOCC4)nc(N4CCOCC4)c3c2)cc1C. The van der Waals surface area contributed by atoms with Gasteiger partial charge in [0.2, 0.25) is 0 Å². The van der Waals surface area contributed by atoms with E-state index >= 15 is 0 Å². The third kappa shape index (κ3) is 5.08. The van der Waals surface area contributed by atoms with Gasteiger partial charge in [0.15, 0.2) is 5.65 Å². The van der Waals surface area contributed by atoms with Crippen LogP contribution in [0.4, 0.5) is 5.82 Å². The van der Waals surface area contributed by atoms with Crippen molar-refractivity contribution in [1.29, 1.82) is 0 Å². The largest absolute Gasteiger partial charge is 0.462 e. The molecule has 0 unspecified atom stereocenters. The van der Waals surface area contributed by atoms with Gasteiger partial charge >= 0.3 is 6.01 Å². The van der Waals surface area contributed by atoms with E-state index in [1.807, 2.05) is 6.20 Å². The van der Waals surface area contributed by atoms with Crippen LogP contribution in [0.3, 0.4) is 0 Å². The van der Waals surface area contributed by atoms with Crippen molar-refractivity contribution in [2.45, 2.75) is 13.8 Å². The Labute approximate surface area is 194 Å². The maximum Gasteiger partial charge on any atom is 0.320 e. The van der Waals surface area contributed by atoms with Crippen LogP contribution in [0, 0.1) is 13.8 Å². The Kier molecular flexibility index (Phi) is 6.66. The molecule has 0 N–H and O–H groups in total. The zero-order valence-electron chi connectivity index (χ0n) is 19.4. The van der Waals surface area contributed by atoms with Gasteiger partial charge in [0.05, 0.1) is 31.8 Å². The molecule has 2 saturated heterocycles. The second-order valence-electron chi connectivity index (χ2n) is 8.63. The van der Waals surface area contributed by atoms with Crippen molar-refractivity contribution in [3.8, 4) is 17.1 Å². The third-order valence-corrected chi connectivity index (χ3v) is 6.40. The number of anilines is 1. The number of aryl methyl sites for hydroxylation is 2. The maximum absolute atomic E-state index is 5.99. The molecule has 3 aromatic rings. The molecule has 2 aliphatic rings. The van der Waals surface area contributed by atoms with Gasteiger partial charge in [-0.1, -0.05) is 18.2 Å². The van der Waals surface area contributed by atoms with Gasteiger partial charge in [0.25, 0.3) is 0 Å². The van der Waals surface area contributed by atoms with E-state index in [4.69, 9.17) is 24.2 Å². The van der Waals surface area contributed by atoms with Crippen LogP contribution in [-0.2, 0) is 9.47 Å². The minimum Gasteiger partial charge on any atom is -0.462 e. The number of nitrogens with zero attached hydrogens (tertiary/aromatic N) is 5. The summed E-state index contributed by atoms with van der Waals surface area (Å²) in [7, 11) is 0. The highest BCUT2D eigenvalue weighted by atomic mass is 16.5. The van der Waals surface area contributed by atoms with E-state index < -0.39 is 0 Å². The normalized spacial score (nSPS) is 17.5. The fourth-order valence-electron chi connectivity index (χ4n) is 4.23. The first-order chi connectivity index (χ1) is 16.2. The number of pyridine rings is 1. The Morgan fingerprint density at radius 3 is 2.39 bits per heavy atom. The summed E-state index contributed by atoms with van der Waals surface area (Å²) >= 11 is 0. The molecular formula is C25H31N5O3. The first kappa shape index (κ1) is 22.0. The lowest BCUT2D eigenvalue weighted by molar-refractivity contribution is 0.0317. The van der Waals surface area contributed by atoms with Gasteiger partial charge in [-0.2, -0.15) is 9.97 Å². The van der Waals surface area contributed by atoms with Gasteiger partial charge in [-0.3, -0.25) is 4.90 Å². The summed E-state index contributed by atoms with van der Waals surface area (Å²) in [6.45, 7) is 12.0. The molecule has 0 amide bonds. The van der Waals surface area contributed by atoms with Gasteiger partial charge in [0, 0.05) is 44.5 Å². The minimum atomic E-state index is 0.378. The van der Waals surface area contributed by atoms with Crippen LogP contribution in [0.15, 0.2) is 30.5 Å². The smallest absolute Gasteiger partial charge is 0.320 e. The summed E-state index contributed by atoms with van der Waals surface area (Å²) in [4.78, 5) is 18.7. The lowest BCUT2D eigenvalue weighted by atomic mass is 10.0.